The van der Waals surface area contributed by atoms with Crippen LogP contribution < -0.4 is 10.6 Å². The third-order valence-corrected chi connectivity index (χ3v) is 2.91. The van der Waals surface area contributed by atoms with Crippen LogP contribution in [0.4, 0.5) is 5.69 Å². The molecular formula is C14H17N3O. The molecule has 2 rings (SSSR count). The maximum Gasteiger partial charge on any atom is 0.250 e. The predicted molar refractivity (Wildman–Crippen MR) is 74.1 cm³/mol. The fraction of sp³-hybridized carbons (Fsp3) is 0.286. The first-order valence-electron chi connectivity index (χ1n) is 5.79. The Labute approximate surface area is 106 Å². The number of pyridine rings is 1. The van der Waals surface area contributed by atoms with Gasteiger partial charge in [-0.2, -0.15) is 0 Å². The Balaban J connectivity index is 2.94. The number of amides is 1. The lowest BCUT2D eigenvalue weighted by Crippen LogP contribution is -2.14. The number of aryl methyl sites for hydroxylation is 2. The lowest BCUT2D eigenvalue weighted by Gasteiger charge is -2.17. The van der Waals surface area contributed by atoms with E-state index >= 15 is 0 Å². The molecule has 0 aliphatic rings. The van der Waals surface area contributed by atoms with Crippen molar-refractivity contribution in [3.05, 3.63) is 35.0 Å². The molecule has 0 fully saturated rings. The van der Waals surface area contributed by atoms with Crippen molar-refractivity contribution in [3.63, 3.8) is 0 Å². The van der Waals surface area contributed by atoms with Gasteiger partial charge in [0.05, 0.1) is 11.1 Å². The minimum Gasteiger partial charge on any atom is -0.377 e. The number of rotatable bonds is 2. The van der Waals surface area contributed by atoms with Gasteiger partial charge in [0.2, 0.25) is 0 Å². The summed E-state index contributed by atoms with van der Waals surface area (Å²) in [4.78, 5) is 18.0. The van der Waals surface area contributed by atoms with Gasteiger partial charge in [-0.05, 0) is 37.6 Å². The van der Waals surface area contributed by atoms with Gasteiger partial charge in [-0.3, -0.25) is 9.78 Å². The second kappa shape index (κ2) is 4.29. The van der Waals surface area contributed by atoms with Gasteiger partial charge in [0.25, 0.3) is 5.91 Å². The molecule has 2 N–H and O–H groups in total. The zero-order chi connectivity index (χ0) is 13.4. The fourth-order valence-corrected chi connectivity index (χ4v) is 2.14. The molecule has 1 amide bonds. The number of benzene rings is 1. The van der Waals surface area contributed by atoms with Crippen molar-refractivity contribution < 1.29 is 4.79 Å². The number of carbonyl (C=O) groups excluding carboxylic acids is 1. The van der Waals surface area contributed by atoms with Gasteiger partial charge < -0.3 is 10.6 Å². The first kappa shape index (κ1) is 12.4. The Kier molecular flexibility index (Phi) is 2.95. The maximum atomic E-state index is 11.5. The van der Waals surface area contributed by atoms with Crippen molar-refractivity contribution >= 4 is 22.5 Å². The summed E-state index contributed by atoms with van der Waals surface area (Å²) >= 11 is 0. The SMILES string of the molecule is Cc1cc(C(N)=O)c2nc(C)cc(N(C)C)c2c1. The Morgan fingerprint density at radius 2 is 1.89 bits per heavy atom. The molecule has 1 aromatic heterocycles. The number of fused-ring (bicyclic) bond motifs is 1. The van der Waals surface area contributed by atoms with E-state index in [1.807, 2.05) is 45.0 Å². The molecule has 18 heavy (non-hydrogen) atoms. The summed E-state index contributed by atoms with van der Waals surface area (Å²) in [5, 5.41) is 0.958. The average Bonchev–Trinajstić information content (AvgIpc) is 2.27. The number of nitrogens with two attached hydrogens (primary N) is 1. The molecule has 2 aromatic rings. The smallest absolute Gasteiger partial charge is 0.250 e. The van der Waals surface area contributed by atoms with E-state index in [1.54, 1.807) is 6.07 Å². The molecular weight excluding hydrogens is 226 g/mol. The number of hydrogen-bond acceptors (Lipinski definition) is 3. The molecule has 94 valence electrons. The van der Waals surface area contributed by atoms with Crippen LogP contribution in [0.2, 0.25) is 0 Å². The second-order valence-electron chi connectivity index (χ2n) is 4.75. The molecule has 0 radical (unpaired) electrons. The largest absolute Gasteiger partial charge is 0.377 e. The van der Waals surface area contributed by atoms with Crippen LogP contribution in [0.5, 0.6) is 0 Å². The van der Waals surface area contributed by atoms with Gasteiger partial charge >= 0.3 is 0 Å². The van der Waals surface area contributed by atoms with Crippen molar-refractivity contribution in [2.75, 3.05) is 19.0 Å². The zero-order valence-electron chi connectivity index (χ0n) is 11.1. The van der Waals surface area contributed by atoms with Crippen molar-refractivity contribution in [2.24, 2.45) is 5.73 Å². The number of nitrogens with zero attached hydrogens (tertiary/aromatic N) is 2. The van der Waals surface area contributed by atoms with E-state index in [9.17, 15) is 4.79 Å². The molecule has 0 atom stereocenters. The quantitative estimate of drug-likeness (QED) is 0.877. The van der Waals surface area contributed by atoms with Crippen molar-refractivity contribution in [1.29, 1.82) is 0 Å². The van der Waals surface area contributed by atoms with Gasteiger partial charge in [0.1, 0.15) is 0 Å². The predicted octanol–water partition coefficient (Wildman–Crippen LogP) is 2.02. The van der Waals surface area contributed by atoms with Crippen LogP contribution in [-0.2, 0) is 0 Å². The Morgan fingerprint density at radius 3 is 2.44 bits per heavy atom. The minimum absolute atomic E-state index is 0.438. The highest BCUT2D eigenvalue weighted by atomic mass is 16.1. The highest BCUT2D eigenvalue weighted by Crippen LogP contribution is 2.28. The highest BCUT2D eigenvalue weighted by molar-refractivity contribution is 6.08. The third-order valence-electron chi connectivity index (χ3n) is 2.91. The molecule has 0 aliphatic carbocycles. The summed E-state index contributed by atoms with van der Waals surface area (Å²) in [5.74, 6) is -0.438. The average molecular weight is 243 g/mol. The lowest BCUT2D eigenvalue weighted by atomic mass is 10.0. The minimum atomic E-state index is -0.438. The van der Waals surface area contributed by atoms with E-state index in [0.717, 1.165) is 22.3 Å². The molecule has 0 bridgehead atoms. The summed E-state index contributed by atoms with van der Waals surface area (Å²) in [6, 6.07) is 5.83. The zero-order valence-corrected chi connectivity index (χ0v) is 11.1. The van der Waals surface area contributed by atoms with Crippen molar-refractivity contribution in [2.45, 2.75) is 13.8 Å². The van der Waals surface area contributed by atoms with Gasteiger partial charge in [-0.1, -0.05) is 0 Å². The van der Waals surface area contributed by atoms with Crippen LogP contribution >= 0.6 is 0 Å². The molecule has 4 heteroatoms. The van der Waals surface area contributed by atoms with Crippen LogP contribution in [0.1, 0.15) is 21.6 Å². The molecule has 0 spiro atoms. The summed E-state index contributed by atoms with van der Waals surface area (Å²) in [5.41, 5.74) is 9.52. The molecule has 1 aromatic carbocycles. The van der Waals surface area contributed by atoms with Gasteiger partial charge in [0.15, 0.2) is 0 Å². The molecule has 0 unspecified atom stereocenters. The van der Waals surface area contributed by atoms with Crippen LogP contribution in [0.15, 0.2) is 18.2 Å². The highest BCUT2D eigenvalue weighted by Gasteiger charge is 2.13. The summed E-state index contributed by atoms with van der Waals surface area (Å²) < 4.78 is 0. The van der Waals surface area contributed by atoms with Crippen LogP contribution in [-0.4, -0.2) is 25.0 Å². The first-order valence-corrected chi connectivity index (χ1v) is 5.79. The van der Waals surface area contributed by atoms with Crippen molar-refractivity contribution in [1.82, 2.24) is 4.98 Å². The maximum absolute atomic E-state index is 11.5. The van der Waals surface area contributed by atoms with E-state index in [4.69, 9.17) is 5.73 Å². The Bertz CT molecular complexity index is 632. The monoisotopic (exact) mass is 243 g/mol. The van der Waals surface area contributed by atoms with Gasteiger partial charge in [0, 0.05) is 30.9 Å². The van der Waals surface area contributed by atoms with Crippen LogP contribution in [0.25, 0.3) is 10.9 Å². The molecule has 1 heterocycles. The van der Waals surface area contributed by atoms with Crippen LogP contribution in [0, 0.1) is 13.8 Å². The standard InChI is InChI=1S/C14H17N3O/c1-8-5-10-12(17(3)4)7-9(2)16-13(10)11(6-8)14(15)18/h5-7H,1-4H3,(H2,15,18). The Morgan fingerprint density at radius 1 is 1.22 bits per heavy atom. The first-order chi connectivity index (χ1) is 8.40. The fourth-order valence-electron chi connectivity index (χ4n) is 2.14. The van der Waals surface area contributed by atoms with E-state index in [2.05, 4.69) is 4.98 Å². The van der Waals surface area contributed by atoms with E-state index in [0.29, 0.717) is 11.1 Å². The van der Waals surface area contributed by atoms with Crippen molar-refractivity contribution in [3.8, 4) is 0 Å². The molecule has 0 saturated carbocycles. The topological polar surface area (TPSA) is 59.2 Å². The second-order valence-corrected chi connectivity index (χ2v) is 4.75. The summed E-state index contributed by atoms with van der Waals surface area (Å²) in [6.07, 6.45) is 0. The molecule has 0 saturated heterocycles. The molecule has 0 aliphatic heterocycles. The van der Waals surface area contributed by atoms with Gasteiger partial charge in [-0.25, -0.2) is 0 Å². The molecule has 4 nitrogen and oxygen atoms in total. The van der Waals surface area contributed by atoms with Gasteiger partial charge in [-0.15, -0.1) is 0 Å². The lowest BCUT2D eigenvalue weighted by molar-refractivity contribution is 0.100. The number of primary amides is 1. The number of hydrogen-bond donors (Lipinski definition) is 1. The normalized spacial score (nSPS) is 10.7. The Hall–Kier alpha value is -2.10. The third kappa shape index (κ3) is 2.01. The summed E-state index contributed by atoms with van der Waals surface area (Å²) in [7, 11) is 3.95. The number of carbonyl (C=O) groups is 1. The van der Waals surface area contributed by atoms with E-state index in [1.165, 1.54) is 0 Å². The number of aromatic nitrogens is 1. The number of anilines is 1. The van der Waals surface area contributed by atoms with Crippen LogP contribution in [0.3, 0.4) is 0 Å². The summed E-state index contributed by atoms with van der Waals surface area (Å²) in [6.45, 7) is 3.86. The van der Waals surface area contributed by atoms with E-state index < -0.39 is 5.91 Å². The van der Waals surface area contributed by atoms with E-state index in [-0.39, 0.29) is 0 Å².